The maximum Gasteiger partial charge on any atom is 0.0419 e. The van der Waals surface area contributed by atoms with Crippen molar-refractivity contribution in [1.82, 2.24) is 4.90 Å². The number of benzene rings is 1. The van der Waals surface area contributed by atoms with E-state index in [1.807, 2.05) is 0 Å². The number of hydrogen-bond donors (Lipinski definition) is 1. The summed E-state index contributed by atoms with van der Waals surface area (Å²) < 4.78 is 0. The molecule has 1 atom stereocenters. The molecule has 1 aromatic rings. The van der Waals surface area contributed by atoms with E-state index in [2.05, 4.69) is 47.1 Å². The summed E-state index contributed by atoms with van der Waals surface area (Å²) in [5.41, 5.74) is 4.41. The summed E-state index contributed by atoms with van der Waals surface area (Å²) in [5.74, 6) is 3.43. The normalized spacial score (nSPS) is 23.1. The van der Waals surface area contributed by atoms with Gasteiger partial charge in [0.05, 0.1) is 0 Å². The van der Waals surface area contributed by atoms with Gasteiger partial charge in [0.1, 0.15) is 0 Å². The Morgan fingerprint density at radius 3 is 3.21 bits per heavy atom. The zero-order chi connectivity index (χ0) is 12.4. The summed E-state index contributed by atoms with van der Waals surface area (Å²) in [6.07, 6.45) is 1.19. The number of para-hydroxylation sites is 1. The molecule has 1 fully saturated rings. The molecule has 2 aliphatic heterocycles. The van der Waals surface area contributed by atoms with Gasteiger partial charge in [0.15, 0.2) is 0 Å². The van der Waals surface area contributed by atoms with Gasteiger partial charge in [-0.1, -0.05) is 25.1 Å². The first kappa shape index (κ1) is 15.0. The van der Waals surface area contributed by atoms with Crippen molar-refractivity contribution in [3.63, 3.8) is 0 Å². The molecule has 0 bridgehead atoms. The van der Waals surface area contributed by atoms with E-state index in [-0.39, 0.29) is 12.4 Å². The summed E-state index contributed by atoms with van der Waals surface area (Å²) in [6.45, 7) is 7.08. The van der Waals surface area contributed by atoms with Crippen molar-refractivity contribution in [3.8, 4) is 0 Å². The van der Waals surface area contributed by atoms with Crippen molar-refractivity contribution >= 4 is 29.9 Å². The van der Waals surface area contributed by atoms with Crippen LogP contribution in [0.25, 0.3) is 0 Å². The number of halogens is 1. The van der Waals surface area contributed by atoms with Crippen LogP contribution in [0.3, 0.4) is 0 Å². The van der Waals surface area contributed by atoms with Crippen LogP contribution >= 0.6 is 24.2 Å². The predicted molar refractivity (Wildman–Crippen MR) is 87.6 cm³/mol. The molecule has 1 saturated heterocycles. The highest BCUT2D eigenvalue weighted by atomic mass is 35.5. The SMILES string of the molecule is CC1CSCCN(Cc2cccc3c2NCC3)C1.Cl. The van der Waals surface area contributed by atoms with E-state index < -0.39 is 0 Å². The number of nitrogens with zero attached hydrogens (tertiary/aromatic N) is 1. The monoisotopic (exact) mass is 298 g/mol. The van der Waals surface area contributed by atoms with Gasteiger partial charge in [0, 0.05) is 37.6 Å². The molecule has 0 aromatic heterocycles. The fourth-order valence-electron chi connectivity index (χ4n) is 2.99. The largest absolute Gasteiger partial charge is 0.384 e. The first-order valence-electron chi connectivity index (χ1n) is 6.97. The van der Waals surface area contributed by atoms with Crippen LogP contribution in [0.1, 0.15) is 18.1 Å². The molecule has 2 nitrogen and oxygen atoms in total. The van der Waals surface area contributed by atoms with Crippen molar-refractivity contribution in [2.24, 2.45) is 5.92 Å². The average molecular weight is 299 g/mol. The number of anilines is 1. The van der Waals surface area contributed by atoms with E-state index in [1.54, 1.807) is 0 Å². The van der Waals surface area contributed by atoms with Gasteiger partial charge in [0.25, 0.3) is 0 Å². The molecule has 0 aliphatic carbocycles. The molecule has 2 aliphatic rings. The Labute approximate surface area is 126 Å². The fraction of sp³-hybridized carbons (Fsp3) is 0.600. The molecule has 106 valence electrons. The second-order valence-electron chi connectivity index (χ2n) is 5.54. The van der Waals surface area contributed by atoms with E-state index in [4.69, 9.17) is 0 Å². The Balaban J connectivity index is 0.00000133. The fourth-order valence-corrected chi connectivity index (χ4v) is 4.05. The molecular weight excluding hydrogens is 276 g/mol. The summed E-state index contributed by atoms with van der Waals surface area (Å²) >= 11 is 2.11. The summed E-state index contributed by atoms with van der Waals surface area (Å²) in [5, 5.41) is 3.55. The van der Waals surface area contributed by atoms with Gasteiger partial charge in [-0.15, -0.1) is 12.4 Å². The van der Waals surface area contributed by atoms with Crippen LogP contribution in [-0.2, 0) is 13.0 Å². The van der Waals surface area contributed by atoms with Crippen LogP contribution in [-0.4, -0.2) is 36.0 Å². The number of thioether (sulfide) groups is 1. The lowest BCUT2D eigenvalue weighted by Crippen LogP contribution is -2.28. The Hall–Kier alpha value is -0.380. The highest BCUT2D eigenvalue weighted by Crippen LogP contribution is 2.28. The van der Waals surface area contributed by atoms with Crippen molar-refractivity contribution in [3.05, 3.63) is 29.3 Å². The van der Waals surface area contributed by atoms with Gasteiger partial charge in [-0.25, -0.2) is 0 Å². The number of hydrogen-bond acceptors (Lipinski definition) is 3. The predicted octanol–water partition coefficient (Wildman–Crippen LogP) is 3.26. The first-order chi connectivity index (χ1) is 8.83. The molecular formula is C15H23ClN2S. The maximum absolute atomic E-state index is 3.55. The highest BCUT2D eigenvalue weighted by molar-refractivity contribution is 7.99. The van der Waals surface area contributed by atoms with Crippen molar-refractivity contribution in [2.75, 3.05) is 36.5 Å². The van der Waals surface area contributed by atoms with Crippen molar-refractivity contribution in [1.29, 1.82) is 0 Å². The lowest BCUT2D eigenvalue weighted by Gasteiger charge is -2.23. The van der Waals surface area contributed by atoms with Crippen LogP contribution in [0.15, 0.2) is 18.2 Å². The molecule has 0 saturated carbocycles. The Morgan fingerprint density at radius 2 is 2.32 bits per heavy atom. The minimum Gasteiger partial charge on any atom is -0.384 e. The molecule has 1 unspecified atom stereocenters. The molecule has 4 heteroatoms. The number of rotatable bonds is 2. The van der Waals surface area contributed by atoms with E-state index in [1.165, 1.54) is 47.8 Å². The van der Waals surface area contributed by atoms with E-state index in [0.29, 0.717) is 0 Å². The Kier molecular flexibility index (Phi) is 5.43. The summed E-state index contributed by atoms with van der Waals surface area (Å²) in [4.78, 5) is 2.63. The average Bonchev–Trinajstić information content (AvgIpc) is 2.75. The second-order valence-corrected chi connectivity index (χ2v) is 6.69. The quantitative estimate of drug-likeness (QED) is 0.902. The van der Waals surface area contributed by atoms with Gasteiger partial charge in [-0.2, -0.15) is 11.8 Å². The lowest BCUT2D eigenvalue weighted by molar-refractivity contribution is 0.257. The molecule has 1 aromatic carbocycles. The Bertz CT molecular complexity index is 425. The zero-order valence-electron chi connectivity index (χ0n) is 11.5. The summed E-state index contributed by atoms with van der Waals surface area (Å²) in [6, 6.07) is 6.77. The van der Waals surface area contributed by atoms with Crippen molar-refractivity contribution in [2.45, 2.75) is 19.9 Å². The lowest BCUT2D eigenvalue weighted by atomic mass is 10.1. The highest BCUT2D eigenvalue weighted by Gasteiger charge is 2.18. The first-order valence-corrected chi connectivity index (χ1v) is 8.13. The van der Waals surface area contributed by atoms with Gasteiger partial charge < -0.3 is 5.32 Å². The molecule has 0 radical (unpaired) electrons. The minimum absolute atomic E-state index is 0. The third-order valence-electron chi connectivity index (χ3n) is 3.85. The van der Waals surface area contributed by atoms with Crippen molar-refractivity contribution < 1.29 is 0 Å². The van der Waals surface area contributed by atoms with Gasteiger partial charge in [-0.3, -0.25) is 4.90 Å². The zero-order valence-corrected chi connectivity index (χ0v) is 13.2. The number of nitrogens with one attached hydrogen (secondary N) is 1. The third-order valence-corrected chi connectivity index (χ3v) is 5.13. The smallest absolute Gasteiger partial charge is 0.0419 e. The van der Waals surface area contributed by atoms with Crippen LogP contribution in [0.5, 0.6) is 0 Å². The van der Waals surface area contributed by atoms with Crippen LogP contribution in [0, 0.1) is 5.92 Å². The number of fused-ring (bicyclic) bond motifs is 1. The Morgan fingerprint density at radius 1 is 1.42 bits per heavy atom. The topological polar surface area (TPSA) is 15.3 Å². The minimum atomic E-state index is 0. The molecule has 19 heavy (non-hydrogen) atoms. The molecule has 0 amide bonds. The molecule has 2 heterocycles. The van der Waals surface area contributed by atoms with Crippen LogP contribution < -0.4 is 5.32 Å². The standard InChI is InChI=1S/C15H22N2S.ClH/c1-12-9-17(7-8-18-11-12)10-14-4-2-3-13-5-6-16-15(13)14;/h2-4,12,16H,5-11H2,1H3;1H. The molecule has 0 spiro atoms. The van der Waals surface area contributed by atoms with Crippen LogP contribution in [0.2, 0.25) is 0 Å². The third kappa shape index (κ3) is 3.59. The van der Waals surface area contributed by atoms with E-state index in [0.717, 1.165) is 19.0 Å². The molecule has 1 N–H and O–H groups in total. The molecule has 3 rings (SSSR count). The maximum atomic E-state index is 3.55. The van der Waals surface area contributed by atoms with E-state index >= 15 is 0 Å². The second kappa shape index (κ2) is 6.87. The van der Waals surface area contributed by atoms with E-state index in [9.17, 15) is 0 Å². The summed E-state index contributed by atoms with van der Waals surface area (Å²) in [7, 11) is 0. The van der Waals surface area contributed by atoms with Crippen LogP contribution in [0.4, 0.5) is 5.69 Å². The van der Waals surface area contributed by atoms with Gasteiger partial charge in [-0.05, 0) is 29.2 Å². The van der Waals surface area contributed by atoms with Gasteiger partial charge >= 0.3 is 0 Å². The van der Waals surface area contributed by atoms with Gasteiger partial charge in [0.2, 0.25) is 0 Å².